The van der Waals surface area contributed by atoms with Crippen molar-refractivity contribution in [3.05, 3.63) is 23.8 Å². The maximum atomic E-state index is 14.8. The van der Waals surface area contributed by atoms with Gasteiger partial charge in [-0.05, 0) is 63.4 Å². The molecular formula is C28H30O9. The van der Waals surface area contributed by atoms with Crippen molar-refractivity contribution in [1.82, 2.24) is 0 Å². The van der Waals surface area contributed by atoms with Crippen LogP contribution < -0.4 is 0 Å². The monoisotopic (exact) mass is 510 g/mol. The standard InChI is InChI=1S/C28H30O9/c1-23-11-18-25(3)28-19(23)20(30)27(37-28,34-12-16(23)21(31)35-18)15-8-7-13-5-4-6-17(29)24(13,2)14(15)9-10-26(28,33)22(32)36-25/h4,6-7,14-16,18-19,33H,5,8-12H2,1-3H3. The van der Waals surface area contributed by atoms with Gasteiger partial charge in [-0.3, -0.25) is 14.4 Å². The van der Waals surface area contributed by atoms with E-state index < -0.39 is 75.1 Å². The lowest BCUT2D eigenvalue weighted by atomic mass is 9.46. The predicted octanol–water partition coefficient (Wildman–Crippen LogP) is 1.56. The number of esters is 2. The molecule has 5 bridgehead atoms. The Morgan fingerprint density at radius 1 is 1.08 bits per heavy atom. The van der Waals surface area contributed by atoms with Crippen LogP contribution in [0.5, 0.6) is 0 Å². The fraction of sp³-hybridized carbons (Fsp3) is 0.714. The Labute approximate surface area is 213 Å². The number of Topliss-reactive ketones (excluding diaryl/α,β-unsaturated/α-hetero) is 1. The minimum atomic E-state index is -2.17. The molecular weight excluding hydrogens is 480 g/mol. The molecule has 3 aliphatic carbocycles. The summed E-state index contributed by atoms with van der Waals surface area (Å²) in [5.74, 6) is -6.36. The summed E-state index contributed by atoms with van der Waals surface area (Å²) in [6.07, 6.45) is 6.24. The van der Waals surface area contributed by atoms with Crippen molar-refractivity contribution in [1.29, 1.82) is 0 Å². The molecule has 1 N–H and O–H groups in total. The number of hydrogen-bond acceptors (Lipinski definition) is 9. The number of rotatable bonds is 0. The smallest absolute Gasteiger partial charge is 0.342 e. The van der Waals surface area contributed by atoms with Crippen molar-refractivity contribution in [2.24, 2.45) is 34.5 Å². The molecule has 11 atom stereocenters. The van der Waals surface area contributed by atoms with Gasteiger partial charge in [0, 0.05) is 5.92 Å². The van der Waals surface area contributed by atoms with Crippen LogP contribution in [0.1, 0.15) is 52.9 Å². The lowest BCUT2D eigenvalue weighted by Gasteiger charge is -2.63. The SMILES string of the molecule is CC12C(=O)C=CCC1=CCC1C2CCC2(O)C(=O)OC3(C)C4CC5(C)C(COC16OC23C5C6=O)C(=O)O4. The molecule has 0 amide bonds. The zero-order valence-corrected chi connectivity index (χ0v) is 21.1. The van der Waals surface area contributed by atoms with Crippen LogP contribution in [0.4, 0.5) is 0 Å². The highest BCUT2D eigenvalue weighted by molar-refractivity contribution is 6.01. The van der Waals surface area contributed by atoms with Gasteiger partial charge in [0.15, 0.2) is 28.4 Å². The second-order valence-corrected chi connectivity index (χ2v) is 13.0. The molecule has 8 aliphatic rings. The van der Waals surface area contributed by atoms with Crippen LogP contribution in [-0.2, 0) is 38.1 Å². The average Bonchev–Trinajstić information content (AvgIpc) is 3.16. The van der Waals surface area contributed by atoms with Crippen LogP contribution in [0.15, 0.2) is 23.8 Å². The summed E-state index contributed by atoms with van der Waals surface area (Å²) in [5.41, 5.74) is -6.43. The van der Waals surface area contributed by atoms with E-state index in [1.54, 1.807) is 13.0 Å². The fourth-order valence-electron chi connectivity index (χ4n) is 10.0. The lowest BCUT2D eigenvalue weighted by molar-refractivity contribution is -0.374. The van der Waals surface area contributed by atoms with Crippen molar-refractivity contribution >= 4 is 23.5 Å². The summed E-state index contributed by atoms with van der Waals surface area (Å²) < 4.78 is 25.1. The maximum Gasteiger partial charge on any atom is 0.342 e. The summed E-state index contributed by atoms with van der Waals surface area (Å²) in [5, 5.41) is 12.4. The lowest BCUT2D eigenvalue weighted by Crippen LogP contribution is -2.79. The second-order valence-electron chi connectivity index (χ2n) is 13.0. The summed E-state index contributed by atoms with van der Waals surface area (Å²) in [7, 11) is 0. The molecule has 0 aromatic carbocycles. The first-order chi connectivity index (χ1) is 17.4. The van der Waals surface area contributed by atoms with E-state index in [1.807, 2.05) is 26.0 Å². The Hall–Kier alpha value is -2.36. The first-order valence-electron chi connectivity index (χ1n) is 13.4. The van der Waals surface area contributed by atoms with Crippen molar-refractivity contribution < 1.29 is 43.2 Å². The quantitative estimate of drug-likeness (QED) is 0.382. The van der Waals surface area contributed by atoms with E-state index in [1.165, 1.54) is 0 Å². The van der Waals surface area contributed by atoms with Gasteiger partial charge in [0.05, 0.1) is 23.9 Å². The highest BCUT2D eigenvalue weighted by atomic mass is 16.8. The van der Waals surface area contributed by atoms with Crippen molar-refractivity contribution in [2.75, 3.05) is 6.61 Å². The van der Waals surface area contributed by atoms with Crippen molar-refractivity contribution in [2.45, 2.75) is 81.6 Å². The Morgan fingerprint density at radius 3 is 2.65 bits per heavy atom. The van der Waals surface area contributed by atoms with Crippen molar-refractivity contribution in [3.8, 4) is 0 Å². The van der Waals surface area contributed by atoms with Crippen LogP contribution in [0, 0.1) is 34.5 Å². The molecule has 9 heteroatoms. The predicted molar refractivity (Wildman–Crippen MR) is 122 cm³/mol. The molecule has 5 aliphatic heterocycles. The molecule has 5 heterocycles. The number of carbonyl (C=O) groups is 4. The van der Waals surface area contributed by atoms with Crippen LogP contribution in [0.3, 0.4) is 0 Å². The largest absolute Gasteiger partial charge is 0.458 e. The highest BCUT2D eigenvalue weighted by Crippen LogP contribution is 2.75. The Bertz CT molecular complexity index is 1300. The second kappa shape index (κ2) is 6.10. The van der Waals surface area contributed by atoms with Gasteiger partial charge in [-0.25, -0.2) is 4.79 Å². The minimum Gasteiger partial charge on any atom is -0.458 e. The molecule has 2 spiro atoms. The van der Waals surface area contributed by atoms with E-state index in [9.17, 15) is 24.3 Å². The van der Waals surface area contributed by atoms with Crippen LogP contribution in [0.25, 0.3) is 0 Å². The Balaban J connectivity index is 1.43. The summed E-state index contributed by atoms with van der Waals surface area (Å²) in [4.78, 5) is 55.2. The Kier molecular flexibility index (Phi) is 3.73. The first-order valence-corrected chi connectivity index (χ1v) is 13.4. The first kappa shape index (κ1) is 22.6. The molecule has 0 aromatic rings. The normalized spacial score (nSPS) is 58.5. The third kappa shape index (κ3) is 1.97. The van der Waals surface area contributed by atoms with Crippen molar-refractivity contribution in [3.63, 3.8) is 0 Å². The highest BCUT2D eigenvalue weighted by Gasteiger charge is 2.93. The summed E-state index contributed by atoms with van der Waals surface area (Å²) in [6.45, 7) is 5.29. The fourth-order valence-corrected chi connectivity index (χ4v) is 10.0. The van der Waals surface area contributed by atoms with Crippen LogP contribution in [-0.4, -0.2) is 63.9 Å². The molecule has 5 saturated heterocycles. The molecule has 0 aromatic heterocycles. The average molecular weight is 511 g/mol. The molecule has 196 valence electrons. The van der Waals surface area contributed by atoms with Gasteiger partial charge in [-0.1, -0.05) is 24.6 Å². The molecule has 1 saturated carbocycles. The third-order valence-corrected chi connectivity index (χ3v) is 12.0. The number of carbonyl (C=O) groups excluding carboxylic acids is 4. The molecule has 8 rings (SSSR count). The van der Waals surface area contributed by atoms with Gasteiger partial charge in [-0.15, -0.1) is 0 Å². The van der Waals surface area contributed by atoms with E-state index in [0.717, 1.165) is 5.57 Å². The van der Waals surface area contributed by atoms with E-state index in [0.29, 0.717) is 25.7 Å². The number of fused-ring (bicyclic) bond motifs is 5. The molecule has 0 radical (unpaired) electrons. The van der Waals surface area contributed by atoms with Crippen LogP contribution in [0.2, 0.25) is 0 Å². The molecule has 37 heavy (non-hydrogen) atoms. The molecule has 11 unspecified atom stereocenters. The van der Waals surface area contributed by atoms with Gasteiger partial charge >= 0.3 is 11.9 Å². The van der Waals surface area contributed by atoms with Gasteiger partial charge in [0.1, 0.15) is 6.10 Å². The summed E-state index contributed by atoms with van der Waals surface area (Å²) in [6, 6.07) is 0. The van der Waals surface area contributed by atoms with Crippen LogP contribution >= 0.6 is 0 Å². The number of allylic oxidation sites excluding steroid dienone is 4. The molecule has 9 nitrogen and oxygen atoms in total. The number of hydrogen-bond donors (Lipinski definition) is 1. The topological polar surface area (TPSA) is 125 Å². The zero-order valence-electron chi connectivity index (χ0n) is 21.1. The van der Waals surface area contributed by atoms with E-state index >= 15 is 0 Å². The van der Waals surface area contributed by atoms with E-state index in [4.69, 9.17) is 18.9 Å². The Morgan fingerprint density at radius 2 is 1.86 bits per heavy atom. The number of ketones is 2. The third-order valence-electron chi connectivity index (χ3n) is 12.0. The number of ether oxygens (including phenoxy) is 4. The molecule has 6 fully saturated rings. The number of aliphatic hydroxyl groups is 1. The van der Waals surface area contributed by atoms with E-state index in [2.05, 4.69) is 0 Å². The zero-order chi connectivity index (χ0) is 26.0. The minimum absolute atomic E-state index is 0.0380. The van der Waals surface area contributed by atoms with Gasteiger partial charge in [-0.2, -0.15) is 0 Å². The van der Waals surface area contributed by atoms with Gasteiger partial charge in [0.25, 0.3) is 0 Å². The maximum absolute atomic E-state index is 14.8. The van der Waals surface area contributed by atoms with Gasteiger partial charge < -0.3 is 24.1 Å². The van der Waals surface area contributed by atoms with Gasteiger partial charge in [0.2, 0.25) is 5.79 Å². The summed E-state index contributed by atoms with van der Waals surface area (Å²) >= 11 is 0. The van der Waals surface area contributed by atoms with E-state index in [-0.39, 0.29) is 24.6 Å².